The van der Waals surface area contributed by atoms with Gasteiger partial charge in [0.15, 0.2) is 0 Å². The van der Waals surface area contributed by atoms with Crippen LogP contribution in [0.15, 0.2) is 42.5 Å². The molecule has 0 unspecified atom stereocenters. The average molecular weight is 267 g/mol. The summed E-state index contributed by atoms with van der Waals surface area (Å²) in [4.78, 5) is 0. The molecule has 0 bridgehead atoms. The Morgan fingerprint density at radius 3 is 2.30 bits per heavy atom. The average Bonchev–Trinajstić information content (AvgIpc) is 2.48. The minimum absolute atomic E-state index is 0.0879. The monoisotopic (exact) mass is 267 g/mol. The molecule has 2 aromatic rings. The van der Waals surface area contributed by atoms with Crippen LogP contribution in [0.4, 0.5) is 4.39 Å². The maximum atomic E-state index is 13.6. The van der Waals surface area contributed by atoms with Gasteiger partial charge in [0, 0.05) is 0 Å². The van der Waals surface area contributed by atoms with Crippen molar-refractivity contribution in [1.82, 2.24) is 0 Å². The van der Waals surface area contributed by atoms with Gasteiger partial charge in [-0.15, -0.1) is 0 Å². The fraction of sp³-hybridized carbons (Fsp3) is 0.278. The quantitative estimate of drug-likeness (QED) is 0.692. The Morgan fingerprint density at radius 2 is 1.70 bits per heavy atom. The Kier molecular flexibility index (Phi) is 4.90. The van der Waals surface area contributed by atoms with E-state index >= 15 is 0 Å². The Bertz CT molecular complexity index is 608. The van der Waals surface area contributed by atoms with Gasteiger partial charge < -0.3 is 0 Å². The number of hydrogen-bond donors (Lipinski definition) is 0. The molecule has 0 atom stereocenters. The van der Waals surface area contributed by atoms with E-state index in [0.29, 0.717) is 0 Å². The molecule has 0 fully saturated rings. The molecule has 0 heterocycles. The molecule has 0 aliphatic rings. The zero-order valence-corrected chi connectivity index (χ0v) is 11.7. The van der Waals surface area contributed by atoms with E-state index in [1.807, 2.05) is 18.2 Å². The molecular weight excluding hydrogens is 249 g/mol. The summed E-state index contributed by atoms with van der Waals surface area (Å²) in [5, 5.41) is 8.73. The molecule has 0 amide bonds. The lowest BCUT2D eigenvalue weighted by Gasteiger charge is -2.05. The first-order valence-corrected chi connectivity index (χ1v) is 7.03. The highest BCUT2D eigenvalue weighted by atomic mass is 19.1. The molecule has 0 radical (unpaired) electrons. The lowest BCUT2D eigenvalue weighted by atomic mass is 10.0. The van der Waals surface area contributed by atoms with Gasteiger partial charge in [0.2, 0.25) is 0 Å². The minimum atomic E-state index is -0.461. The number of nitriles is 1. The zero-order valence-electron chi connectivity index (χ0n) is 11.7. The van der Waals surface area contributed by atoms with E-state index in [-0.39, 0.29) is 5.56 Å². The van der Waals surface area contributed by atoms with Crippen molar-refractivity contribution < 1.29 is 4.39 Å². The van der Waals surface area contributed by atoms with Crippen LogP contribution in [0.1, 0.15) is 37.3 Å². The molecule has 2 heteroatoms. The normalized spacial score (nSPS) is 10.2. The largest absolute Gasteiger partial charge is 0.206 e. The SMILES string of the molecule is CCCCCc1ccc(-c2ccc(C#N)c(F)c2)cc1. The number of aryl methyl sites for hydroxylation is 1. The van der Waals surface area contributed by atoms with E-state index in [0.717, 1.165) is 17.5 Å². The van der Waals surface area contributed by atoms with Gasteiger partial charge in [-0.2, -0.15) is 5.26 Å². The molecule has 102 valence electrons. The van der Waals surface area contributed by atoms with Crippen molar-refractivity contribution in [2.75, 3.05) is 0 Å². The van der Waals surface area contributed by atoms with Crippen LogP contribution >= 0.6 is 0 Å². The lowest BCUT2D eigenvalue weighted by molar-refractivity contribution is 0.624. The molecule has 2 rings (SSSR count). The van der Waals surface area contributed by atoms with Crippen molar-refractivity contribution in [3.63, 3.8) is 0 Å². The number of nitrogens with zero attached hydrogens (tertiary/aromatic N) is 1. The molecule has 0 aliphatic carbocycles. The number of benzene rings is 2. The first kappa shape index (κ1) is 14.3. The van der Waals surface area contributed by atoms with Crippen LogP contribution in [0.2, 0.25) is 0 Å². The second-order valence-electron chi connectivity index (χ2n) is 4.96. The van der Waals surface area contributed by atoms with E-state index in [2.05, 4.69) is 19.1 Å². The summed E-state index contributed by atoms with van der Waals surface area (Å²) in [5.74, 6) is -0.461. The van der Waals surface area contributed by atoms with E-state index < -0.39 is 5.82 Å². The summed E-state index contributed by atoms with van der Waals surface area (Å²) < 4.78 is 13.6. The third-order valence-electron chi connectivity index (χ3n) is 3.45. The maximum Gasteiger partial charge on any atom is 0.141 e. The predicted octanol–water partition coefficient (Wildman–Crippen LogP) is 5.10. The number of hydrogen-bond acceptors (Lipinski definition) is 1. The van der Waals surface area contributed by atoms with Gasteiger partial charge in [-0.25, -0.2) is 4.39 Å². The van der Waals surface area contributed by atoms with Crippen molar-refractivity contribution in [2.24, 2.45) is 0 Å². The highest BCUT2D eigenvalue weighted by molar-refractivity contribution is 5.64. The molecule has 0 aromatic heterocycles. The minimum Gasteiger partial charge on any atom is -0.206 e. The number of rotatable bonds is 5. The fourth-order valence-corrected chi connectivity index (χ4v) is 2.23. The van der Waals surface area contributed by atoms with E-state index in [1.54, 1.807) is 6.07 Å². The lowest BCUT2D eigenvalue weighted by Crippen LogP contribution is -1.88. The molecule has 0 spiro atoms. The van der Waals surface area contributed by atoms with Crippen molar-refractivity contribution in [2.45, 2.75) is 32.6 Å². The molecule has 1 nitrogen and oxygen atoms in total. The second kappa shape index (κ2) is 6.86. The van der Waals surface area contributed by atoms with Gasteiger partial charge in [0.1, 0.15) is 11.9 Å². The van der Waals surface area contributed by atoms with Crippen molar-refractivity contribution in [1.29, 1.82) is 5.26 Å². The number of halogens is 1. The van der Waals surface area contributed by atoms with Crippen molar-refractivity contribution >= 4 is 0 Å². The van der Waals surface area contributed by atoms with Crippen LogP contribution in [0.5, 0.6) is 0 Å². The van der Waals surface area contributed by atoms with Crippen molar-refractivity contribution in [3.05, 3.63) is 59.4 Å². The van der Waals surface area contributed by atoms with Gasteiger partial charge in [-0.1, -0.05) is 50.1 Å². The smallest absolute Gasteiger partial charge is 0.141 e. The van der Waals surface area contributed by atoms with Gasteiger partial charge in [0.25, 0.3) is 0 Å². The Morgan fingerprint density at radius 1 is 1.00 bits per heavy atom. The van der Waals surface area contributed by atoms with Crippen molar-refractivity contribution in [3.8, 4) is 17.2 Å². The molecule has 2 aromatic carbocycles. The second-order valence-corrected chi connectivity index (χ2v) is 4.96. The molecule has 0 aliphatic heterocycles. The van der Waals surface area contributed by atoms with Gasteiger partial charge >= 0.3 is 0 Å². The van der Waals surface area contributed by atoms with E-state index in [4.69, 9.17) is 5.26 Å². The van der Waals surface area contributed by atoms with E-state index in [9.17, 15) is 4.39 Å². The van der Waals surface area contributed by atoms with Crippen LogP contribution in [-0.2, 0) is 6.42 Å². The molecule has 20 heavy (non-hydrogen) atoms. The summed E-state index contributed by atoms with van der Waals surface area (Å²) >= 11 is 0. The summed E-state index contributed by atoms with van der Waals surface area (Å²) in [6, 6.07) is 14.8. The van der Waals surface area contributed by atoms with Crippen LogP contribution in [0.25, 0.3) is 11.1 Å². The fourth-order valence-electron chi connectivity index (χ4n) is 2.23. The molecule has 0 saturated heterocycles. The molecule has 0 saturated carbocycles. The third kappa shape index (κ3) is 3.45. The standard InChI is InChI=1S/C18H18FN/c1-2-3-4-5-14-6-8-15(9-7-14)16-10-11-17(13-20)18(19)12-16/h6-12H,2-5H2,1H3. The molecular formula is C18H18FN. The first-order chi connectivity index (χ1) is 9.74. The highest BCUT2D eigenvalue weighted by Crippen LogP contribution is 2.22. The van der Waals surface area contributed by atoms with Crippen LogP contribution in [0, 0.1) is 17.1 Å². The molecule has 0 N–H and O–H groups in total. The van der Waals surface area contributed by atoms with Crippen LogP contribution in [-0.4, -0.2) is 0 Å². The highest BCUT2D eigenvalue weighted by Gasteiger charge is 2.04. The van der Waals surface area contributed by atoms with Crippen LogP contribution < -0.4 is 0 Å². The zero-order chi connectivity index (χ0) is 14.4. The van der Waals surface area contributed by atoms with Gasteiger partial charge in [0.05, 0.1) is 5.56 Å². The Balaban J connectivity index is 2.14. The number of unbranched alkanes of at least 4 members (excludes halogenated alkanes) is 2. The predicted molar refractivity (Wildman–Crippen MR) is 79.8 cm³/mol. The first-order valence-electron chi connectivity index (χ1n) is 7.03. The summed E-state index contributed by atoms with van der Waals surface area (Å²) in [6.07, 6.45) is 4.78. The van der Waals surface area contributed by atoms with Gasteiger partial charge in [-0.05, 0) is 41.7 Å². The van der Waals surface area contributed by atoms with Gasteiger partial charge in [-0.3, -0.25) is 0 Å². The maximum absolute atomic E-state index is 13.6. The Hall–Kier alpha value is -2.14. The Labute approximate surface area is 119 Å². The summed E-state index contributed by atoms with van der Waals surface area (Å²) in [6.45, 7) is 2.20. The summed E-state index contributed by atoms with van der Waals surface area (Å²) in [7, 11) is 0. The topological polar surface area (TPSA) is 23.8 Å². The third-order valence-corrected chi connectivity index (χ3v) is 3.45. The van der Waals surface area contributed by atoms with E-state index in [1.165, 1.54) is 37.0 Å². The van der Waals surface area contributed by atoms with Crippen LogP contribution in [0.3, 0.4) is 0 Å². The summed E-state index contributed by atoms with van der Waals surface area (Å²) in [5.41, 5.74) is 3.19.